The molecular weight excluding hydrogens is 409 g/mol. The fourth-order valence-corrected chi connectivity index (χ4v) is 5.22. The highest BCUT2D eigenvalue weighted by Crippen LogP contribution is 2.56. The van der Waals surface area contributed by atoms with Crippen LogP contribution in [0.1, 0.15) is 27.5 Å². The molecule has 32 heavy (non-hydrogen) atoms. The Bertz CT molecular complexity index is 1200. The average molecular weight is 431 g/mol. The SMILES string of the molecule is COc1ccc2c(c1)C1(C(=O)N2)C(C(=O)c2ccccn2)C(c2ccc(F)cc2)CN1C. The predicted molar refractivity (Wildman–Crippen MR) is 117 cm³/mol. The molecule has 2 aliphatic rings. The van der Waals surface area contributed by atoms with Crippen LogP contribution in [0.15, 0.2) is 66.9 Å². The summed E-state index contributed by atoms with van der Waals surface area (Å²) in [7, 11) is 3.41. The number of amides is 1. The summed E-state index contributed by atoms with van der Waals surface area (Å²) in [4.78, 5) is 33.8. The van der Waals surface area contributed by atoms with Gasteiger partial charge in [-0.1, -0.05) is 18.2 Å². The number of Topliss-reactive ketones (excluding diaryl/α,β-unsaturated/α-hetero) is 1. The van der Waals surface area contributed by atoms with Crippen LogP contribution in [-0.2, 0) is 10.3 Å². The number of halogens is 1. The molecule has 0 saturated carbocycles. The second kappa shape index (κ2) is 7.53. The van der Waals surface area contributed by atoms with Gasteiger partial charge in [0.15, 0.2) is 5.78 Å². The minimum atomic E-state index is -1.24. The number of anilines is 1. The summed E-state index contributed by atoms with van der Waals surface area (Å²) in [5.74, 6) is -1.34. The van der Waals surface area contributed by atoms with Gasteiger partial charge in [0.1, 0.15) is 22.8 Å². The van der Waals surface area contributed by atoms with E-state index in [1.54, 1.807) is 55.8 Å². The van der Waals surface area contributed by atoms with E-state index in [2.05, 4.69) is 10.3 Å². The van der Waals surface area contributed by atoms with E-state index in [1.807, 2.05) is 18.0 Å². The molecule has 1 aromatic heterocycles. The maximum atomic E-state index is 13.9. The molecule has 1 amide bonds. The number of carbonyl (C=O) groups excluding carboxylic acids is 2. The van der Waals surface area contributed by atoms with Crippen LogP contribution in [-0.4, -0.2) is 42.3 Å². The highest BCUT2D eigenvalue weighted by atomic mass is 19.1. The van der Waals surface area contributed by atoms with Crippen molar-refractivity contribution < 1.29 is 18.7 Å². The normalized spacial score (nSPS) is 24.4. The quantitative estimate of drug-likeness (QED) is 0.639. The van der Waals surface area contributed by atoms with Crippen molar-refractivity contribution in [2.45, 2.75) is 11.5 Å². The molecule has 1 saturated heterocycles. The first-order valence-corrected chi connectivity index (χ1v) is 10.4. The number of fused-ring (bicyclic) bond motifs is 2. The van der Waals surface area contributed by atoms with Gasteiger partial charge in [0.05, 0.1) is 13.0 Å². The number of hydrogen-bond donors (Lipinski definition) is 1. The molecule has 2 aliphatic heterocycles. The largest absolute Gasteiger partial charge is 0.497 e. The molecule has 3 aromatic rings. The van der Waals surface area contributed by atoms with Gasteiger partial charge in [-0.3, -0.25) is 19.5 Å². The van der Waals surface area contributed by atoms with Gasteiger partial charge in [0.2, 0.25) is 5.91 Å². The first kappa shape index (κ1) is 20.3. The summed E-state index contributed by atoms with van der Waals surface area (Å²) >= 11 is 0. The number of ketones is 1. The molecular formula is C25H22FN3O3. The molecule has 0 radical (unpaired) electrons. The van der Waals surface area contributed by atoms with Gasteiger partial charge in [0.25, 0.3) is 0 Å². The molecule has 1 fully saturated rings. The van der Waals surface area contributed by atoms with Crippen molar-refractivity contribution >= 4 is 17.4 Å². The highest BCUT2D eigenvalue weighted by Gasteiger charge is 2.64. The molecule has 0 aliphatic carbocycles. The Labute approximate surface area is 185 Å². The summed E-state index contributed by atoms with van der Waals surface area (Å²) < 4.78 is 19.1. The Morgan fingerprint density at radius 3 is 2.66 bits per heavy atom. The van der Waals surface area contributed by atoms with E-state index in [1.165, 1.54) is 12.1 Å². The molecule has 5 rings (SSSR count). The number of ether oxygens (including phenoxy) is 1. The van der Waals surface area contributed by atoms with Gasteiger partial charge in [-0.2, -0.15) is 0 Å². The number of nitrogens with one attached hydrogen (secondary N) is 1. The number of benzene rings is 2. The van der Waals surface area contributed by atoms with E-state index in [4.69, 9.17) is 4.74 Å². The third-order valence-corrected chi connectivity index (χ3v) is 6.65. The minimum absolute atomic E-state index is 0.227. The molecule has 1 spiro atoms. The van der Waals surface area contributed by atoms with Crippen LogP contribution in [0.25, 0.3) is 0 Å². The predicted octanol–water partition coefficient (Wildman–Crippen LogP) is 3.61. The number of aromatic nitrogens is 1. The minimum Gasteiger partial charge on any atom is -0.497 e. The fourth-order valence-electron chi connectivity index (χ4n) is 5.22. The Balaban J connectivity index is 1.74. The van der Waals surface area contributed by atoms with E-state index in [9.17, 15) is 14.0 Å². The van der Waals surface area contributed by atoms with Crippen molar-refractivity contribution in [1.29, 1.82) is 0 Å². The monoisotopic (exact) mass is 431 g/mol. The average Bonchev–Trinajstić information content (AvgIpc) is 3.29. The molecule has 1 N–H and O–H groups in total. The number of likely N-dealkylation sites (tertiary alicyclic amines) is 1. The number of methoxy groups -OCH3 is 1. The van der Waals surface area contributed by atoms with Gasteiger partial charge in [0, 0.05) is 29.9 Å². The van der Waals surface area contributed by atoms with Crippen LogP contribution in [0.2, 0.25) is 0 Å². The smallest absolute Gasteiger partial charge is 0.250 e. The zero-order chi connectivity index (χ0) is 22.5. The summed E-state index contributed by atoms with van der Waals surface area (Å²) in [6.45, 7) is 0.443. The summed E-state index contributed by atoms with van der Waals surface area (Å²) in [6, 6.07) is 16.7. The van der Waals surface area contributed by atoms with Crippen LogP contribution in [0.3, 0.4) is 0 Å². The topological polar surface area (TPSA) is 71.5 Å². The van der Waals surface area contributed by atoms with Gasteiger partial charge in [-0.15, -0.1) is 0 Å². The Hall–Kier alpha value is -3.58. The number of nitrogens with zero attached hydrogens (tertiary/aromatic N) is 2. The zero-order valence-corrected chi connectivity index (χ0v) is 17.7. The maximum absolute atomic E-state index is 13.9. The molecule has 162 valence electrons. The standard InChI is InChI=1S/C25H22FN3O3/c1-29-14-18(15-6-8-16(26)9-7-15)22(23(30)21-5-3-4-12-27-21)25(29)19-13-17(32-2)10-11-20(19)28-24(25)31/h3-13,18,22H,14H2,1-2H3,(H,28,31). The molecule has 7 heteroatoms. The van der Waals surface area contributed by atoms with Crippen molar-refractivity contribution in [2.75, 3.05) is 26.0 Å². The first-order valence-electron chi connectivity index (χ1n) is 10.4. The molecule has 3 atom stereocenters. The van der Waals surface area contributed by atoms with E-state index in [0.717, 1.165) is 5.56 Å². The summed E-state index contributed by atoms with van der Waals surface area (Å²) in [5.41, 5.74) is 1.21. The molecule has 3 unspecified atom stereocenters. The van der Waals surface area contributed by atoms with Gasteiger partial charge >= 0.3 is 0 Å². The number of likely N-dealkylation sites (N-methyl/N-ethyl adjacent to an activating group) is 1. The van der Waals surface area contributed by atoms with Crippen LogP contribution < -0.4 is 10.1 Å². The van der Waals surface area contributed by atoms with Crippen molar-refractivity contribution in [3.8, 4) is 5.75 Å². The molecule has 6 nitrogen and oxygen atoms in total. The van der Waals surface area contributed by atoms with Gasteiger partial charge < -0.3 is 10.1 Å². The lowest BCUT2D eigenvalue weighted by Gasteiger charge is -2.35. The lowest BCUT2D eigenvalue weighted by molar-refractivity contribution is -0.126. The lowest BCUT2D eigenvalue weighted by atomic mass is 9.71. The molecule has 2 aromatic carbocycles. The van der Waals surface area contributed by atoms with E-state index < -0.39 is 11.5 Å². The number of pyridine rings is 1. The second-order valence-corrected chi connectivity index (χ2v) is 8.23. The first-order chi connectivity index (χ1) is 15.5. The summed E-state index contributed by atoms with van der Waals surface area (Å²) in [6.07, 6.45) is 1.57. The van der Waals surface area contributed by atoms with Crippen molar-refractivity contribution in [2.24, 2.45) is 5.92 Å². The highest BCUT2D eigenvalue weighted by molar-refractivity contribution is 6.12. The molecule has 3 heterocycles. The Morgan fingerprint density at radius 1 is 1.19 bits per heavy atom. The third kappa shape index (κ3) is 2.85. The van der Waals surface area contributed by atoms with Crippen LogP contribution in [0, 0.1) is 11.7 Å². The van der Waals surface area contributed by atoms with E-state index in [-0.39, 0.29) is 23.4 Å². The zero-order valence-electron chi connectivity index (χ0n) is 17.7. The third-order valence-electron chi connectivity index (χ3n) is 6.65. The van der Waals surface area contributed by atoms with Crippen molar-refractivity contribution in [3.63, 3.8) is 0 Å². The van der Waals surface area contributed by atoms with Crippen LogP contribution in [0.4, 0.5) is 10.1 Å². The van der Waals surface area contributed by atoms with Crippen molar-refractivity contribution in [1.82, 2.24) is 9.88 Å². The number of carbonyl (C=O) groups is 2. The Kier molecular flexibility index (Phi) is 4.78. The van der Waals surface area contributed by atoms with Crippen LogP contribution in [0.5, 0.6) is 5.75 Å². The van der Waals surface area contributed by atoms with Gasteiger partial charge in [-0.25, -0.2) is 4.39 Å². The fraction of sp³-hybridized carbons (Fsp3) is 0.240. The number of hydrogen-bond acceptors (Lipinski definition) is 5. The summed E-state index contributed by atoms with van der Waals surface area (Å²) in [5, 5.41) is 2.96. The Morgan fingerprint density at radius 2 is 1.97 bits per heavy atom. The lowest BCUT2D eigenvalue weighted by Crippen LogP contribution is -2.51. The van der Waals surface area contributed by atoms with E-state index >= 15 is 0 Å². The van der Waals surface area contributed by atoms with Crippen LogP contribution >= 0.6 is 0 Å². The number of rotatable bonds is 4. The van der Waals surface area contributed by atoms with Crippen molar-refractivity contribution in [3.05, 3.63) is 89.5 Å². The molecule has 0 bridgehead atoms. The maximum Gasteiger partial charge on any atom is 0.250 e. The van der Waals surface area contributed by atoms with Gasteiger partial charge in [-0.05, 0) is 55.1 Å². The van der Waals surface area contributed by atoms with E-state index in [0.29, 0.717) is 29.2 Å². The second-order valence-electron chi connectivity index (χ2n) is 8.23.